The van der Waals surface area contributed by atoms with E-state index in [1.165, 1.54) is 32.5 Å². The maximum atomic E-state index is 3.56. The molecule has 2 heteroatoms. The Hall–Kier alpha value is -0.0800. The Bertz CT molecular complexity index is 181. The van der Waals surface area contributed by atoms with E-state index in [-0.39, 0.29) is 0 Å². The van der Waals surface area contributed by atoms with Crippen LogP contribution in [0.1, 0.15) is 47.5 Å². The van der Waals surface area contributed by atoms with E-state index in [1.807, 2.05) is 0 Å². The van der Waals surface area contributed by atoms with Gasteiger partial charge in [-0.25, -0.2) is 0 Å². The smallest absolute Gasteiger partial charge is 0.00899 e. The molecule has 1 rings (SSSR count). The van der Waals surface area contributed by atoms with Gasteiger partial charge in [0.15, 0.2) is 0 Å². The average Bonchev–Trinajstić information content (AvgIpc) is 2.26. The second-order valence-corrected chi connectivity index (χ2v) is 6.03. The van der Waals surface area contributed by atoms with Crippen LogP contribution in [0.3, 0.4) is 0 Å². The van der Waals surface area contributed by atoms with Crippen LogP contribution in [0, 0.1) is 11.8 Å². The van der Waals surface area contributed by atoms with Crippen molar-refractivity contribution in [3.63, 3.8) is 0 Å². The summed E-state index contributed by atoms with van der Waals surface area (Å²) in [7, 11) is 0. The van der Waals surface area contributed by atoms with Crippen molar-refractivity contribution in [2.45, 2.75) is 59.5 Å². The van der Waals surface area contributed by atoms with Crippen LogP contribution in [0.2, 0.25) is 0 Å². The molecule has 1 aliphatic heterocycles. The summed E-state index contributed by atoms with van der Waals surface area (Å²) in [5.74, 6) is 1.68. The van der Waals surface area contributed by atoms with Crippen LogP contribution in [0.25, 0.3) is 0 Å². The van der Waals surface area contributed by atoms with Gasteiger partial charge >= 0.3 is 0 Å². The second kappa shape index (κ2) is 6.61. The molecule has 1 unspecified atom stereocenters. The Morgan fingerprint density at radius 3 is 2.06 bits per heavy atom. The first-order chi connectivity index (χ1) is 7.50. The third-order valence-electron chi connectivity index (χ3n) is 4.00. The van der Waals surface area contributed by atoms with Crippen molar-refractivity contribution in [1.29, 1.82) is 0 Å². The SMILES string of the molecule is CC(C)NCC1CCN(C(C)C(C)C)CC1. The van der Waals surface area contributed by atoms with Crippen molar-refractivity contribution < 1.29 is 0 Å². The van der Waals surface area contributed by atoms with Gasteiger partial charge in [0.25, 0.3) is 0 Å². The van der Waals surface area contributed by atoms with E-state index in [0.29, 0.717) is 6.04 Å². The molecule has 1 atom stereocenters. The lowest BCUT2D eigenvalue weighted by molar-refractivity contribution is 0.113. The number of likely N-dealkylation sites (tertiary alicyclic amines) is 1. The predicted octanol–water partition coefficient (Wildman–Crippen LogP) is 2.74. The predicted molar refractivity (Wildman–Crippen MR) is 71.7 cm³/mol. The standard InChI is InChI=1S/C14H30N2/c1-11(2)13(5)16-8-6-14(7-9-16)10-15-12(3)4/h11-15H,6-10H2,1-5H3. The molecule has 0 spiro atoms. The number of piperidine rings is 1. The molecular weight excluding hydrogens is 196 g/mol. The van der Waals surface area contributed by atoms with E-state index in [1.54, 1.807) is 0 Å². The van der Waals surface area contributed by atoms with Gasteiger partial charge in [-0.3, -0.25) is 0 Å². The molecule has 0 saturated carbocycles. The fraction of sp³-hybridized carbons (Fsp3) is 1.00. The molecule has 1 fully saturated rings. The molecule has 0 aromatic carbocycles. The van der Waals surface area contributed by atoms with Crippen LogP contribution in [0.4, 0.5) is 0 Å². The minimum Gasteiger partial charge on any atom is -0.314 e. The summed E-state index contributed by atoms with van der Waals surface area (Å²) in [6.07, 6.45) is 2.74. The molecule has 1 aliphatic rings. The molecule has 2 nitrogen and oxygen atoms in total. The van der Waals surface area contributed by atoms with E-state index in [2.05, 4.69) is 44.8 Å². The van der Waals surface area contributed by atoms with Gasteiger partial charge in [0.2, 0.25) is 0 Å². The number of nitrogens with one attached hydrogen (secondary N) is 1. The van der Waals surface area contributed by atoms with Crippen LogP contribution in [-0.4, -0.2) is 36.6 Å². The molecule has 0 bridgehead atoms. The Labute approximate surface area is 102 Å². The first-order valence-corrected chi connectivity index (χ1v) is 6.98. The maximum absolute atomic E-state index is 3.56. The van der Waals surface area contributed by atoms with Crippen molar-refractivity contribution in [3.8, 4) is 0 Å². The van der Waals surface area contributed by atoms with Crippen molar-refractivity contribution in [2.24, 2.45) is 11.8 Å². The van der Waals surface area contributed by atoms with E-state index in [9.17, 15) is 0 Å². The molecule has 16 heavy (non-hydrogen) atoms. The van der Waals surface area contributed by atoms with Gasteiger partial charge in [-0.1, -0.05) is 27.7 Å². The van der Waals surface area contributed by atoms with Gasteiger partial charge in [0.05, 0.1) is 0 Å². The average molecular weight is 226 g/mol. The van der Waals surface area contributed by atoms with Crippen molar-refractivity contribution in [3.05, 3.63) is 0 Å². The zero-order valence-corrected chi connectivity index (χ0v) is 11.8. The molecule has 0 radical (unpaired) electrons. The quantitative estimate of drug-likeness (QED) is 0.775. The van der Waals surface area contributed by atoms with Gasteiger partial charge in [-0.15, -0.1) is 0 Å². The first kappa shape index (κ1) is 14.0. The van der Waals surface area contributed by atoms with E-state index < -0.39 is 0 Å². The van der Waals surface area contributed by atoms with E-state index in [4.69, 9.17) is 0 Å². The van der Waals surface area contributed by atoms with E-state index in [0.717, 1.165) is 17.9 Å². The van der Waals surface area contributed by atoms with Gasteiger partial charge in [-0.2, -0.15) is 0 Å². The minimum absolute atomic E-state index is 0.632. The lowest BCUT2D eigenvalue weighted by Crippen LogP contribution is -2.44. The fourth-order valence-corrected chi connectivity index (χ4v) is 2.39. The van der Waals surface area contributed by atoms with Gasteiger partial charge in [0, 0.05) is 12.1 Å². The topological polar surface area (TPSA) is 15.3 Å². The second-order valence-electron chi connectivity index (χ2n) is 6.03. The van der Waals surface area contributed by atoms with Crippen LogP contribution < -0.4 is 5.32 Å². The van der Waals surface area contributed by atoms with E-state index >= 15 is 0 Å². The van der Waals surface area contributed by atoms with Gasteiger partial charge in [0.1, 0.15) is 0 Å². The molecule has 0 amide bonds. The monoisotopic (exact) mass is 226 g/mol. The zero-order chi connectivity index (χ0) is 12.1. The first-order valence-electron chi connectivity index (χ1n) is 6.98. The number of hydrogen-bond acceptors (Lipinski definition) is 2. The van der Waals surface area contributed by atoms with Crippen LogP contribution in [0.5, 0.6) is 0 Å². The van der Waals surface area contributed by atoms with Crippen molar-refractivity contribution in [2.75, 3.05) is 19.6 Å². The van der Waals surface area contributed by atoms with Gasteiger partial charge < -0.3 is 10.2 Å². The number of nitrogens with zero attached hydrogens (tertiary/aromatic N) is 1. The highest BCUT2D eigenvalue weighted by atomic mass is 15.2. The molecule has 1 N–H and O–H groups in total. The number of rotatable bonds is 5. The van der Waals surface area contributed by atoms with Gasteiger partial charge in [-0.05, 0) is 51.2 Å². The Morgan fingerprint density at radius 1 is 1.06 bits per heavy atom. The van der Waals surface area contributed by atoms with Crippen molar-refractivity contribution in [1.82, 2.24) is 10.2 Å². The maximum Gasteiger partial charge on any atom is 0.00899 e. The molecular formula is C14H30N2. The number of hydrogen-bond donors (Lipinski definition) is 1. The summed E-state index contributed by atoms with van der Waals surface area (Å²) >= 11 is 0. The molecule has 1 heterocycles. The van der Waals surface area contributed by atoms with Crippen LogP contribution >= 0.6 is 0 Å². The summed E-state index contributed by atoms with van der Waals surface area (Å²) in [5, 5.41) is 3.56. The summed E-state index contributed by atoms with van der Waals surface area (Å²) in [6, 6.07) is 1.38. The summed E-state index contributed by atoms with van der Waals surface area (Å²) in [6.45, 7) is 15.3. The lowest BCUT2D eigenvalue weighted by Gasteiger charge is -2.38. The molecule has 0 aliphatic carbocycles. The minimum atomic E-state index is 0.632. The molecule has 1 saturated heterocycles. The molecule has 0 aromatic rings. The zero-order valence-electron chi connectivity index (χ0n) is 11.8. The Morgan fingerprint density at radius 2 is 1.62 bits per heavy atom. The molecule has 0 aromatic heterocycles. The summed E-state index contributed by atoms with van der Waals surface area (Å²) in [4.78, 5) is 2.66. The third-order valence-corrected chi connectivity index (χ3v) is 4.00. The van der Waals surface area contributed by atoms with Crippen LogP contribution in [0.15, 0.2) is 0 Å². The highest BCUT2D eigenvalue weighted by molar-refractivity contribution is 4.79. The van der Waals surface area contributed by atoms with Crippen molar-refractivity contribution >= 4 is 0 Å². The normalized spacial score (nSPS) is 21.9. The Kier molecular flexibility index (Phi) is 5.77. The summed E-state index contributed by atoms with van der Waals surface area (Å²) in [5.41, 5.74) is 0. The highest BCUT2D eigenvalue weighted by Crippen LogP contribution is 2.21. The largest absolute Gasteiger partial charge is 0.314 e. The third kappa shape index (κ3) is 4.42. The molecule has 96 valence electrons. The van der Waals surface area contributed by atoms with Crippen LogP contribution in [-0.2, 0) is 0 Å². The highest BCUT2D eigenvalue weighted by Gasteiger charge is 2.23. The Balaban J connectivity index is 2.23. The lowest BCUT2D eigenvalue weighted by atomic mass is 9.93. The summed E-state index contributed by atoms with van der Waals surface area (Å²) < 4.78 is 0. The fourth-order valence-electron chi connectivity index (χ4n) is 2.39.